The number of ether oxygens (including phenoxy) is 2. The lowest BCUT2D eigenvalue weighted by molar-refractivity contribution is -0.128. The minimum atomic E-state index is -0.0845. The zero-order valence-electron chi connectivity index (χ0n) is 17.9. The van der Waals surface area contributed by atoms with Crippen molar-refractivity contribution in [2.24, 2.45) is 0 Å². The van der Waals surface area contributed by atoms with Gasteiger partial charge in [0.15, 0.2) is 5.13 Å². The first kappa shape index (κ1) is 21.7. The van der Waals surface area contributed by atoms with Crippen LogP contribution in [0.25, 0.3) is 0 Å². The predicted octanol–water partition coefficient (Wildman–Crippen LogP) is 2.98. The van der Waals surface area contributed by atoms with Crippen LogP contribution in [0.4, 0.5) is 10.9 Å². The smallest absolute Gasteiger partial charge is 0.246 e. The Kier molecular flexibility index (Phi) is 7.16. The molecule has 4 heterocycles. The second-order valence-corrected chi connectivity index (χ2v) is 9.09. The van der Waals surface area contributed by atoms with Gasteiger partial charge in [-0.2, -0.15) is 4.98 Å². The minimum Gasteiger partial charge on any atom is -0.472 e. The molecule has 0 saturated carbocycles. The summed E-state index contributed by atoms with van der Waals surface area (Å²) in [5.41, 5.74) is 1.12. The van der Waals surface area contributed by atoms with Crippen LogP contribution in [0.1, 0.15) is 23.3 Å². The Morgan fingerprint density at radius 1 is 1.39 bits per heavy atom. The lowest BCUT2D eigenvalue weighted by Gasteiger charge is -2.32. The van der Waals surface area contributed by atoms with E-state index in [0.29, 0.717) is 18.2 Å². The van der Waals surface area contributed by atoms with Crippen molar-refractivity contribution in [3.05, 3.63) is 41.4 Å². The molecular formula is C22H29N5O3S. The largest absolute Gasteiger partial charge is 0.472 e. The van der Waals surface area contributed by atoms with Gasteiger partial charge < -0.3 is 19.7 Å². The van der Waals surface area contributed by atoms with Crippen molar-refractivity contribution < 1.29 is 14.3 Å². The van der Waals surface area contributed by atoms with Crippen molar-refractivity contribution in [3.8, 4) is 5.88 Å². The molecule has 2 saturated heterocycles. The molecule has 2 aliphatic rings. The van der Waals surface area contributed by atoms with Crippen molar-refractivity contribution >= 4 is 28.2 Å². The van der Waals surface area contributed by atoms with Crippen LogP contribution in [-0.4, -0.2) is 71.2 Å². The number of nitrogens with zero attached hydrogens (tertiary/aromatic N) is 4. The van der Waals surface area contributed by atoms with Gasteiger partial charge in [0.05, 0.1) is 19.8 Å². The number of morpholine rings is 1. The average molecular weight is 444 g/mol. The first-order chi connectivity index (χ1) is 15.1. The predicted molar refractivity (Wildman–Crippen MR) is 121 cm³/mol. The van der Waals surface area contributed by atoms with E-state index < -0.39 is 0 Å². The Labute approximate surface area is 186 Å². The molecule has 0 spiro atoms. The van der Waals surface area contributed by atoms with Crippen molar-refractivity contribution in [2.75, 3.05) is 44.7 Å². The monoisotopic (exact) mass is 443 g/mol. The van der Waals surface area contributed by atoms with E-state index in [1.54, 1.807) is 16.2 Å². The number of aromatic nitrogens is 2. The summed E-state index contributed by atoms with van der Waals surface area (Å²) in [6.07, 6.45) is 4.92. The number of carbonyl (C=O) groups excluding carboxylic acids is 1. The number of rotatable bonds is 7. The molecule has 0 aromatic carbocycles. The van der Waals surface area contributed by atoms with Crippen LogP contribution in [0.15, 0.2) is 31.0 Å². The van der Waals surface area contributed by atoms with Gasteiger partial charge in [-0.15, -0.1) is 11.3 Å². The lowest BCUT2D eigenvalue weighted by Crippen LogP contribution is -2.43. The van der Waals surface area contributed by atoms with Gasteiger partial charge in [0.1, 0.15) is 11.9 Å². The lowest BCUT2D eigenvalue weighted by atomic mass is 10.1. The summed E-state index contributed by atoms with van der Waals surface area (Å²) in [5, 5.41) is 4.12. The third kappa shape index (κ3) is 6.03. The normalized spacial score (nSPS) is 19.8. The number of carbonyl (C=O) groups is 1. The second-order valence-electron chi connectivity index (χ2n) is 7.86. The first-order valence-corrected chi connectivity index (χ1v) is 11.5. The van der Waals surface area contributed by atoms with Crippen molar-refractivity contribution in [1.82, 2.24) is 19.8 Å². The number of amides is 1. The Morgan fingerprint density at radius 2 is 2.23 bits per heavy atom. The van der Waals surface area contributed by atoms with Crippen LogP contribution < -0.4 is 10.1 Å². The molecule has 2 aromatic heterocycles. The molecule has 4 rings (SSSR count). The highest BCUT2D eigenvalue weighted by Gasteiger charge is 2.24. The molecule has 31 heavy (non-hydrogen) atoms. The first-order valence-electron chi connectivity index (χ1n) is 10.7. The Morgan fingerprint density at radius 3 is 2.97 bits per heavy atom. The highest BCUT2D eigenvalue weighted by Crippen LogP contribution is 2.26. The zero-order chi connectivity index (χ0) is 21.6. The number of aryl methyl sites for hydroxylation is 1. The Bertz CT molecular complexity index is 912. The van der Waals surface area contributed by atoms with Gasteiger partial charge in [-0.3, -0.25) is 9.69 Å². The maximum absolute atomic E-state index is 12.0. The summed E-state index contributed by atoms with van der Waals surface area (Å²) in [4.78, 5) is 26.4. The molecule has 2 aliphatic heterocycles. The van der Waals surface area contributed by atoms with Gasteiger partial charge in [0.25, 0.3) is 0 Å². The fourth-order valence-corrected chi connectivity index (χ4v) is 4.52. The van der Waals surface area contributed by atoms with E-state index in [1.807, 2.05) is 25.3 Å². The molecule has 1 amide bonds. The van der Waals surface area contributed by atoms with Gasteiger partial charge >= 0.3 is 0 Å². The number of hydrogen-bond acceptors (Lipinski definition) is 8. The van der Waals surface area contributed by atoms with E-state index in [0.717, 1.165) is 67.8 Å². The molecule has 2 fully saturated rings. The highest BCUT2D eigenvalue weighted by molar-refractivity contribution is 7.15. The van der Waals surface area contributed by atoms with Crippen LogP contribution in [0, 0.1) is 6.92 Å². The molecule has 0 aliphatic carbocycles. The minimum absolute atomic E-state index is 0.0520. The van der Waals surface area contributed by atoms with Gasteiger partial charge in [-0.1, -0.05) is 6.58 Å². The van der Waals surface area contributed by atoms with E-state index in [4.69, 9.17) is 9.47 Å². The van der Waals surface area contributed by atoms with Crippen LogP contribution in [0.2, 0.25) is 0 Å². The maximum Gasteiger partial charge on any atom is 0.246 e. The molecular weight excluding hydrogens is 414 g/mol. The van der Waals surface area contributed by atoms with Gasteiger partial charge in [-0.25, -0.2) is 4.98 Å². The highest BCUT2D eigenvalue weighted by atomic mass is 32.1. The van der Waals surface area contributed by atoms with Crippen LogP contribution in [0.3, 0.4) is 0 Å². The van der Waals surface area contributed by atoms with Gasteiger partial charge in [-0.05, 0) is 37.5 Å². The van der Waals surface area contributed by atoms with Crippen LogP contribution >= 0.6 is 11.3 Å². The van der Waals surface area contributed by atoms with E-state index >= 15 is 0 Å². The summed E-state index contributed by atoms with van der Waals surface area (Å²) >= 11 is 1.59. The summed E-state index contributed by atoms with van der Waals surface area (Å²) in [6, 6.07) is 4.05. The molecule has 1 N–H and O–H groups in total. The van der Waals surface area contributed by atoms with E-state index in [2.05, 4.69) is 26.8 Å². The van der Waals surface area contributed by atoms with Gasteiger partial charge in [0, 0.05) is 43.3 Å². The third-order valence-corrected chi connectivity index (χ3v) is 6.21. The van der Waals surface area contributed by atoms with Crippen molar-refractivity contribution in [1.29, 1.82) is 0 Å². The number of piperidine rings is 1. The van der Waals surface area contributed by atoms with E-state index in [1.165, 1.54) is 6.08 Å². The molecule has 9 heteroatoms. The quantitative estimate of drug-likeness (QED) is 0.659. The van der Waals surface area contributed by atoms with Crippen molar-refractivity contribution in [3.63, 3.8) is 0 Å². The second kappa shape index (κ2) is 10.2. The SMILES string of the molecule is C=CC(=O)N1CCC[C@H](Oc2cc(CN3CCOCC3)cc(Nc3ncc(C)s3)n2)C1. The van der Waals surface area contributed by atoms with Crippen molar-refractivity contribution in [2.45, 2.75) is 32.4 Å². The number of thiazole rings is 1. The maximum atomic E-state index is 12.0. The third-order valence-electron chi connectivity index (χ3n) is 5.38. The number of likely N-dealkylation sites (tertiary alicyclic amines) is 1. The number of pyridine rings is 1. The molecule has 2 aromatic rings. The summed E-state index contributed by atoms with van der Waals surface area (Å²) in [6.45, 7) is 11.1. The Hall–Kier alpha value is -2.49. The molecule has 8 nitrogen and oxygen atoms in total. The topological polar surface area (TPSA) is 79.8 Å². The van der Waals surface area contributed by atoms with Crippen LogP contribution in [0.5, 0.6) is 5.88 Å². The summed E-state index contributed by atoms with van der Waals surface area (Å²) in [7, 11) is 0. The van der Waals surface area contributed by atoms with Crippen LogP contribution in [-0.2, 0) is 16.1 Å². The van der Waals surface area contributed by atoms with E-state index in [9.17, 15) is 4.79 Å². The molecule has 166 valence electrons. The standard InChI is InChI=1S/C22H29N5O3S/c1-3-21(28)27-6-4-5-18(15-27)30-20-12-17(14-26-7-9-29-10-8-26)11-19(24-20)25-22-23-13-16(2)31-22/h3,11-13,18H,1,4-10,14-15H2,2H3,(H,23,24,25)/t18-/m0/s1. The average Bonchev–Trinajstić information content (AvgIpc) is 3.18. The molecule has 1 atom stereocenters. The fourth-order valence-electron chi connectivity index (χ4n) is 3.85. The molecule has 0 unspecified atom stereocenters. The summed E-state index contributed by atoms with van der Waals surface area (Å²) in [5.74, 6) is 1.23. The fraction of sp³-hybridized carbons (Fsp3) is 0.500. The molecule has 0 radical (unpaired) electrons. The van der Waals surface area contributed by atoms with E-state index in [-0.39, 0.29) is 12.0 Å². The molecule has 0 bridgehead atoms. The van der Waals surface area contributed by atoms with Gasteiger partial charge in [0.2, 0.25) is 11.8 Å². The Balaban J connectivity index is 1.51. The summed E-state index contributed by atoms with van der Waals surface area (Å²) < 4.78 is 11.7. The number of nitrogens with one attached hydrogen (secondary N) is 1. The zero-order valence-corrected chi connectivity index (χ0v) is 18.7. The number of hydrogen-bond donors (Lipinski definition) is 1. The number of anilines is 2.